The molecule has 1 unspecified atom stereocenters. The van der Waals surface area contributed by atoms with Crippen molar-refractivity contribution in [3.05, 3.63) is 41.1 Å². The molecule has 3 heterocycles. The van der Waals surface area contributed by atoms with Gasteiger partial charge in [0, 0.05) is 36.9 Å². The highest BCUT2D eigenvalue weighted by Gasteiger charge is 2.24. The summed E-state index contributed by atoms with van der Waals surface area (Å²) in [5, 5.41) is 8.02. The molecule has 2 amide bonds. The Labute approximate surface area is 140 Å². The number of hydrogen-bond acceptors (Lipinski definition) is 4. The van der Waals surface area contributed by atoms with E-state index in [1.807, 2.05) is 10.8 Å². The van der Waals surface area contributed by atoms with Crippen molar-refractivity contribution in [1.29, 1.82) is 0 Å². The number of hydrogen-bond donors (Lipinski definition) is 2. The number of aromatic nitrogens is 2. The number of imidazole rings is 1. The summed E-state index contributed by atoms with van der Waals surface area (Å²) < 4.78 is 1.94. The summed E-state index contributed by atoms with van der Waals surface area (Å²) in [6.07, 6.45) is 7.87. The first-order valence-electron chi connectivity index (χ1n) is 8.08. The van der Waals surface area contributed by atoms with Crippen molar-refractivity contribution in [2.24, 2.45) is 0 Å². The van der Waals surface area contributed by atoms with Gasteiger partial charge in [-0.15, -0.1) is 11.3 Å². The lowest BCUT2D eigenvalue weighted by atomic mass is 10.2. The van der Waals surface area contributed by atoms with E-state index in [1.54, 1.807) is 23.9 Å². The molecule has 2 aromatic heterocycles. The van der Waals surface area contributed by atoms with Crippen LogP contribution in [0.15, 0.2) is 36.2 Å². The number of urea groups is 1. The Kier molecular flexibility index (Phi) is 5.65. The highest BCUT2D eigenvalue weighted by molar-refractivity contribution is 7.10. The van der Waals surface area contributed by atoms with E-state index in [-0.39, 0.29) is 12.1 Å². The number of likely N-dealkylation sites (tertiary alicyclic amines) is 1. The largest absolute Gasteiger partial charge is 0.336 e. The fourth-order valence-corrected chi connectivity index (χ4v) is 3.77. The Balaban J connectivity index is 1.45. The third kappa shape index (κ3) is 4.56. The van der Waals surface area contributed by atoms with Crippen LogP contribution < -0.4 is 10.6 Å². The summed E-state index contributed by atoms with van der Waals surface area (Å²) in [7, 11) is 0. The third-order valence-electron chi connectivity index (χ3n) is 4.12. The van der Waals surface area contributed by atoms with E-state index in [1.165, 1.54) is 17.7 Å². The average Bonchev–Trinajstić information content (AvgIpc) is 3.31. The van der Waals surface area contributed by atoms with Gasteiger partial charge in [-0.1, -0.05) is 6.07 Å². The van der Waals surface area contributed by atoms with Crippen molar-refractivity contribution >= 4 is 17.4 Å². The van der Waals surface area contributed by atoms with Crippen LogP contribution in [0, 0.1) is 0 Å². The molecular weight excluding hydrogens is 310 g/mol. The van der Waals surface area contributed by atoms with E-state index in [0.29, 0.717) is 13.1 Å². The maximum absolute atomic E-state index is 12.0. The summed E-state index contributed by atoms with van der Waals surface area (Å²) in [6, 6.07) is 4.42. The van der Waals surface area contributed by atoms with Crippen LogP contribution in [-0.4, -0.2) is 46.7 Å². The van der Waals surface area contributed by atoms with Gasteiger partial charge < -0.3 is 15.2 Å². The van der Waals surface area contributed by atoms with Gasteiger partial charge >= 0.3 is 6.03 Å². The van der Waals surface area contributed by atoms with Gasteiger partial charge in [0.25, 0.3) is 0 Å². The van der Waals surface area contributed by atoms with Crippen LogP contribution in [0.25, 0.3) is 0 Å². The molecule has 0 saturated carbocycles. The van der Waals surface area contributed by atoms with Gasteiger partial charge in [0.2, 0.25) is 0 Å². The SMILES string of the molecule is O=C(NCCn1ccnc1)NCC(c1cccs1)N1CCCC1. The number of nitrogens with one attached hydrogen (secondary N) is 2. The monoisotopic (exact) mass is 333 g/mol. The molecule has 1 aliphatic heterocycles. The second-order valence-corrected chi connectivity index (χ2v) is 6.69. The van der Waals surface area contributed by atoms with Gasteiger partial charge in [-0.25, -0.2) is 9.78 Å². The number of nitrogens with zero attached hydrogens (tertiary/aromatic N) is 3. The predicted molar refractivity (Wildman–Crippen MR) is 91.5 cm³/mol. The second kappa shape index (κ2) is 8.12. The predicted octanol–water partition coefficient (Wildman–Crippen LogP) is 2.08. The molecular formula is C16H23N5OS. The minimum Gasteiger partial charge on any atom is -0.336 e. The number of rotatable bonds is 7. The fraction of sp³-hybridized carbons (Fsp3) is 0.500. The van der Waals surface area contributed by atoms with Crippen LogP contribution in [0.4, 0.5) is 4.79 Å². The zero-order valence-corrected chi connectivity index (χ0v) is 14.0. The van der Waals surface area contributed by atoms with E-state index < -0.39 is 0 Å². The molecule has 0 aliphatic carbocycles. The molecule has 7 heteroatoms. The maximum Gasteiger partial charge on any atom is 0.314 e. The Morgan fingerprint density at radius 3 is 2.91 bits per heavy atom. The van der Waals surface area contributed by atoms with E-state index in [4.69, 9.17) is 0 Å². The summed E-state index contributed by atoms with van der Waals surface area (Å²) in [4.78, 5) is 19.8. The normalized spacial score (nSPS) is 16.3. The maximum atomic E-state index is 12.0. The molecule has 124 valence electrons. The Morgan fingerprint density at radius 1 is 1.35 bits per heavy atom. The molecule has 6 nitrogen and oxygen atoms in total. The number of carbonyl (C=O) groups excluding carboxylic acids is 1. The van der Waals surface area contributed by atoms with Gasteiger partial charge in [0.05, 0.1) is 12.4 Å². The van der Waals surface area contributed by atoms with Crippen molar-refractivity contribution in [2.45, 2.75) is 25.4 Å². The molecule has 0 radical (unpaired) electrons. The fourth-order valence-electron chi connectivity index (χ4n) is 2.91. The number of carbonyl (C=O) groups is 1. The lowest BCUT2D eigenvalue weighted by molar-refractivity contribution is 0.222. The summed E-state index contributed by atoms with van der Waals surface area (Å²) >= 11 is 1.76. The summed E-state index contributed by atoms with van der Waals surface area (Å²) in [5.74, 6) is 0. The minimum absolute atomic E-state index is 0.106. The van der Waals surface area contributed by atoms with Gasteiger partial charge in [-0.2, -0.15) is 0 Å². The van der Waals surface area contributed by atoms with Gasteiger partial charge in [0.15, 0.2) is 0 Å². The molecule has 0 aromatic carbocycles. The van der Waals surface area contributed by atoms with Crippen LogP contribution in [0.2, 0.25) is 0 Å². The quantitative estimate of drug-likeness (QED) is 0.815. The van der Waals surface area contributed by atoms with Gasteiger partial charge in [-0.05, 0) is 37.4 Å². The van der Waals surface area contributed by atoms with Crippen LogP contribution in [0.1, 0.15) is 23.8 Å². The molecule has 0 spiro atoms. The number of amides is 2. The molecule has 23 heavy (non-hydrogen) atoms. The first-order chi connectivity index (χ1) is 11.3. The molecule has 1 aliphatic rings. The topological polar surface area (TPSA) is 62.2 Å². The van der Waals surface area contributed by atoms with Crippen molar-refractivity contribution in [1.82, 2.24) is 25.1 Å². The standard InChI is InChI=1S/C16H23N5OS/c22-16(18-6-10-20-9-5-17-13-20)19-12-14(15-4-3-11-23-15)21-7-1-2-8-21/h3-5,9,11,13-14H,1-2,6-8,10,12H2,(H2,18,19,22). The molecule has 1 atom stereocenters. The molecule has 0 bridgehead atoms. The van der Waals surface area contributed by atoms with Crippen molar-refractivity contribution in [3.63, 3.8) is 0 Å². The zero-order chi connectivity index (χ0) is 15.9. The molecule has 2 aromatic rings. The van der Waals surface area contributed by atoms with Crippen molar-refractivity contribution in [3.8, 4) is 0 Å². The van der Waals surface area contributed by atoms with E-state index in [2.05, 4.69) is 38.0 Å². The van der Waals surface area contributed by atoms with Crippen LogP contribution >= 0.6 is 11.3 Å². The minimum atomic E-state index is -0.106. The summed E-state index contributed by atoms with van der Waals surface area (Å²) in [6.45, 7) is 4.21. The van der Waals surface area contributed by atoms with Crippen LogP contribution in [0.5, 0.6) is 0 Å². The van der Waals surface area contributed by atoms with Crippen LogP contribution in [0.3, 0.4) is 0 Å². The van der Waals surface area contributed by atoms with Gasteiger partial charge in [0.1, 0.15) is 0 Å². The zero-order valence-electron chi connectivity index (χ0n) is 13.1. The Hall–Kier alpha value is -1.86. The van der Waals surface area contributed by atoms with Crippen molar-refractivity contribution in [2.75, 3.05) is 26.2 Å². The highest BCUT2D eigenvalue weighted by Crippen LogP contribution is 2.27. The molecule has 1 fully saturated rings. The van der Waals surface area contributed by atoms with E-state index in [0.717, 1.165) is 19.6 Å². The first-order valence-corrected chi connectivity index (χ1v) is 8.96. The first kappa shape index (κ1) is 16.0. The van der Waals surface area contributed by atoms with Gasteiger partial charge in [-0.3, -0.25) is 4.90 Å². The molecule has 1 saturated heterocycles. The summed E-state index contributed by atoms with van der Waals surface area (Å²) in [5.41, 5.74) is 0. The smallest absolute Gasteiger partial charge is 0.314 e. The lowest BCUT2D eigenvalue weighted by Crippen LogP contribution is -2.42. The van der Waals surface area contributed by atoms with E-state index >= 15 is 0 Å². The molecule has 2 N–H and O–H groups in total. The van der Waals surface area contributed by atoms with Crippen LogP contribution in [-0.2, 0) is 6.54 Å². The second-order valence-electron chi connectivity index (χ2n) is 5.71. The van der Waals surface area contributed by atoms with Crippen molar-refractivity contribution < 1.29 is 4.79 Å². The van der Waals surface area contributed by atoms with E-state index in [9.17, 15) is 4.79 Å². The Morgan fingerprint density at radius 2 is 2.22 bits per heavy atom. The lowest BCUT2D eigenvalue weighted by Gasteiger charge is -2.26. The molecule has 3 rings (SSSR count). The average molecular weight is 333 g/mol. The highest BCUT2D eigenvalue weighted by atomic mass is 32.1. The Bertz CT molecular complexity index is 578. The third-order valence-corrected chi connectivity index (χ3v) is 5.10. The number of thiophene rings is 1.